The SMILES string of the molecule is CC(C)OC[C@@H](O)CN1CCC[C@H]1c1nc(C(=O)NC2CC2)no1. The molecule has 2 heterocycles. The number of aromatic nitrogens is 2. The van der Waals surface area contributed by atoms with Crippen molar-refractivity contribution in [2.75, 3.05) is 19.7 Å². The fraction of sp³-hybridized carbons (Fsp3) is 0.812. The van der Waals surface area contributed by atoms with Crippen LogP contribution in [0.5, 0.6) is 0 Å². The van der Waals surface area contributed by atoms with Crippen LogP contribution < -0.4 is 5.32 Å². The van der Waals surface area contributed by atoms with Crippen molar-refractivity contribution in [3.8, 4) is 0 Å². The number of hydrogen-bond acceptors (Lipinski definition) is 7. The minimum Gasteiger partial charge on any atom is -0.389 e. The second kappa shape index (κ2) is 7.58. The molecule has 1 aromatic rings. The minimum atomic E-state index is -0.562. The summed E-state index contributed by atoms with van der Waals surface area (Å²) in [5.41, 5.74) is 0. The first kappa shape index (κ1) is 17.3. The predicted molar refractivity (Wildman–Crippen MR) is 85.4 cm³/mol. The van der Waals surface area contributed by atoms with Gasteiger partial charge in [0.15, 0.2) is 0 Å². The molecule has 2 N–H and O–H groups in total. The number of β-amino-alcohol motifs (C(OH)–C–C–N with tert-alkyl or cyclic N) is 1. The molecule has 2 atom stereocenters. The van der Waals surface area contributed by atoms with Crippen molar-refractivity contribution in [2.24, 2.45) is 0 Å². The number of nitrogens with one attached hydrogen (secondary N) is 1. The first-order chi connectivity index (χ1) is 11.5. The van der Waals surface area contributed by atoms with Gasteiger partial charge in [-0.15, -0.1) is 0 Å². The Morgan fingerprint density at radius 2 is 2.25 bits per heavy atom. The molecular formula is C16H26N4O4. The molecule has 1 aliphatic heterocycles. The van der Waals surface area contributed by atoms with E-state index in [-0.39, 0.29) is 29.9 Å². The van der Waals surface area contributed by atoms with Crippen LogP contribution in [0.25, 0.3) is 0 Å². The van der Waals surface area contributed by atoms with Crippen LogP contribution in [0.3, 0.4) is 0 Å². The molecule has 8 heteroatoms. The number of amides is 1. The molecule has 2 aliphatic rings. The van der Waals surface area contributed by atoms with Crippen molar-refractivity contribution >= 4 is 5.91 Å². The van der Waals surface area contributed by atoms with E-state index in [4.69, 9.17) is 9.26 Å². The van der Waals surface area contributed by atoms with Crippen molar-refractivity contribution in [1.82, 2.24) is 20.4 Å². The highest BCUT2D eigenvalue weighted by atomic mass is 16.5. The molecule has 0 bridgehead atoms. The smallest absolute Gasteiger partial charge is 0.292 e. The summed E-state index contributed by atoms with van der Waals surface area (Å²) < 4.78 is 10.8. The summed E-state index contributed by atoms with van der Waals surface area (Å²) >= 11 is 0. The third-order valence-corrected chi connectivity index (χ3v) is 4.27. The van der Waals surface area contributed by atoms with Gasteiger partial charge in [0, 0.05) is 12.6 Å². The van der Waals surface area contributed by atoms with Crippen LogP contribution in [0, 0.1) is 0 Å². The molecule has 3 rings (SSSR count). The summed E-state index contributed by atoms with van der Waals surface area (Å²) in [6.45, 7) is 5.54. The molecule has 1 aliphatic carbocycles. The van der Waals surface area contributed by atoms with E-state index < -0.39 is 6.10 Å². The van der Waals surface area contributed by atoms with Gasteiger partial charge in [0.25, 0.3) is 11.7 Å². The maximum Gasteiger partial charge on any atom is 0.292 e. The Morgan fingerprint density at radius 1 is 1.46 bits per heavy atom. The molecule has 1 saturated heterocycles. The van der Waals surface area contributed by atoms with Crippen molar-refractivity contribution in [3.05, 3.63) is 11.7 Å². The second-order valence-corrected chi connectivity index (χ2v) is 6.89. The average Bonchev–Trinajstić information content (AvgIpc) is 3.03. The van der Waals surface area contributed by atoms with Crippen molar-refractivity contribution in [3.63, 3.8) is 0 Å². The maximum atomic E-state index is 12.0. The van der Waals surface area contributed by atoms with Crippen molar-refractivity contribution in [1.29, 1.82) is 0 Å². The predicted octanol–water partition coefficient (Wildman–Crippen LogP) is 0.885. The van der Waals surface area contributed by atoms with Gasteiger partial charge in [-0.05, 0) is 46.1 Å². The highest BCUT2D eigenvalue weighted by Gasteiger charge is 2.33. The Morgan fingerprint density at radius 3 is 2.96 bits per heavy atom. The van der Waals surface area contributed by atoms with Crippen molar-refractivity contribution in [2.45, 2.75) is 63.8 Å². The van der Waals surface area contributed by atoms with Gasteiger partial charge in [0.05, 0.1) is 24.9 Å². The Kier molecular flexibility index (Phi) is 5.47. The first-order valence-electron chi connectivity index (χ1n) is 8.71. The molecule has 1 amide bonds. The lowest BCUT2D eigenvalue weighted by Gasteiger charge is -2.24. The van der Waals surface area contributed by atoms with E-state index in [1.807, 2.05) is 13.8 Å². The fourth-order valence-electron chi connectivity index (χ4n) is 2.89. The minimum absolute atomic E-state index is 0.0475. The third kappa shape index (κ3) is 4.52. The summed E-state index contributed by atoms with van der Waals surface area (Å²) in [4.78, 5) is 18.3. The molecular weight excluding hydrogens is 312 g/mol. The van der Waals surface area contributed by atoms with E-state index in [1.165, 1.54) is 0 Å². The highest BCUT2D eigenvalue weighted by molar-refractivity contribution is 5.90. The average molecular weight is 338 g/mol. The third-order valence-electron chi connectivity index (χ3n) is 4.27. The second-order valence-electron chi connectivity index (χ2n) is 6.89. The summed E-state index contributed by atoms with van der Waals surface area (Å²) in [6.07, 6.45) is 3.44. The first-order valence-corrected chi connectivity index (χ1v) is 8.71. The fourth-order valence-corrected chi connectivity index (χ4v) is 2.89. The normalized spacial score (nSPS) is 22.9. The molecule has 0 aromatic carbocycles. The van der Waals surface area contributed by atoms with Gasteiger partial charge in [-0.1, -0.05) is 5.16 Å². The van der Waals surface area contributed by atoms with E-state index in [0.717, 1.165) is 32.2 Å². The lowest BCUT2D eigenvalue weighted by Crippen LogP contribution is -2.35. The van der Waals surface area contributed by atoms with E-state index >= 15 is 0 Å². The molecule has 0 spiro atoms. The van der Waals surface area contributed by atoms with Gasteiger partial charge in [0.2, 0.25) is 5.89 Å². The molecule has 8 nitrogen and oxygen atoms in total. The zero-order valence-electron chi connectivity index (χ0n) is 14.3. The number of likely N-dealkylation sites (tertiary alicyclic amines) is 1. The Balaban J connectivity index is 1.56. The van der Waals surface area contributed by atoms with Gasteiger partial charge < -0.3 is 19.7 Å². The Hall–Kier alpha value is -1.51. The van der Waals surface area contributed by atoms with Gasteiger partial charge in [-0.25, -0.2) is 0 Å². The molecule has 24 heavy (non-hydrogen) atoms. The summed E-state index contributed by atoms with van der Waals surface area (Å²) in [7, 11) is 0. The summed E-state index contributed by atoms with van der Waals surface area (Å²) in [5, 5.41) is 16.8. The number of rotatable bonds is 8. The number of aliphatic hydroxyl groups is 1. The van der Waals surface area contributed by atoms with Crippen LogP contribution in [0.2, 0.25) is 0 Å². The Bertz CT molecular complexity index is 558. The molecule has 2 fully saturated rings. The van der Waals surface area contributed by atoms with Crippen molar-refractivity contribution < 1.29 is 19.2 Å². The zero-order valence-corrected chi connectivity index (χ0v) is 14.3. The van der Waals surface area contributed by atoms with Crippen LogP contribution in [0.4, 0.5) is 0 Å². The van der Waals surface area contributed by atoms with E-state index in [1.54, 1.807) is 0 Å². The lowest BCUT2D eigenvalue weighted by molar-refractivity contribution is -0.0115. The van der Waals surface area contributed by atoms with Gasteiger partial charge >= 0.3 is 0 Å². The molecule has 0 unspecified atom stereocenters. The van der Waals surface area contributed by atoms with E-state index in [9.17, 15) is 9.90 Å². The zero-order chi connectivity index (χ0) is 17.1. The summed E-state index contributed by atoms with van der Waals surface area (Å²) in [5.74, 6) is 0.264. The number of carbonyl (C=O) groups is 1. The molecule has 0 radical (unpaired) electrons. The van der Waals surface area contributed by atoms with E-state index in [2.05, 4.69) is 20.4 Å². The van der Waals surface area contributed by atoms with Gasteiger partial charge in [0.1, 0.15) is 0 Å². The number of nitrogens with zero attached hydrogens (tertiary/aromatic N) is 3. The van der Waals surface area contributed by atoms with Crippen LogP contribution in [0.1, 0.15) is 62.1 Å². The molecule has 1 saturated carbocycles. The summed E-state index contributed by atoms with van der Waals surface area (Å²) in [6, 6.07) is 0.215. The van der Waals surface area contributed by atoms with Crippen LogP contribution >= 0.6 is 0 Å². The number of hydrogen-bond donors (Lipinski definition) is 2. The lowest BCUT2D eigenvalue weighted by atomic mass is 10.2. The standard InChI is InChI=1S/C16H26N4O4/c1-10(2)23-9-12(21)8-20-7-3-4-13(20)16-18-14(19-24-16)15(22)17-11-5-6-11/h10-13,21H,3-9H2,1-2H3,(H,17,22)/t12-,13-/m0/s1. The van der Waals surface area contributed by atoms with Gasteiger partial charge in [-0.3, -0.25) is 9.69 Å². The molecule has 134 valence electrons. The number of aliphatic hydroxyl groups excluding tert-OH is 1. The monoisotopic (exact) mass is 338 g/mol. The topological polar surface area (TPSA) is 101 Å². The highest BCUT2D eigenvalue weighted by Crippen LogP contribution is 2.31. The van der Waals surface area contributed by atoms with E-state index in [0.29, 0.717) is 19.0 Å². The number of carbonyl (C=O) groups excluding carboxylic acids is 1. The van der Waals surface area contributed by atoms with Crippen LogP contribution in [0.15, 0.2) is 4.52 Å². The molecule has 1 aromatic heterocycles. The Labute approximate surface area is 141 Å². The quantitative estimate of drug-likeness (QED) is 0.726. The van der Waals surface area contributed by atoms with Gasteiger partial charge in [-0.2, -0.15) is 4.98 Å². The largest absolute Gasteiger partial charge is 0.389 e. The van der Waals surface area contributed by atoms with Crippen LogP contribution in [-0.4, -0.2) is 64.0 Å². The van der Waals surface area contributed by atoms with Crippen LogP contribution in [-0.2, 0) is 4.74 Å². The maximum absolute atomic E-state index is 12.0. The number of ether oxygens (including phenoxy) is 1.